The number of hydrogen-bond donors (Lipinski definition) is 2. The van der Waals surface area contributed by atoms with Crippen LogP contribution >= 0.6 is 0 Å². The van der Waals surface area contributed by atoms with Crippen molar-refractivity contribution >= 4 is 44.6 Å². The largest absolute Gasteiger partial charge is 0.497 e. The number of ether oxygens (including phenoxy) is 2. The van der Waals surface area contributed by atoms with Crippen LogP contribution in [-0.2, 0) is 29.2 Å². The van der Waals surface area contributed by atoms with Crippen LogP contribution in [0.2, 0.25) is 0 Å². The summed E-state index contributed by atoms with van der Waals surface area (Å²) >= 11 is 0. The lowest BCUT2D eigenvalue weighted by Crippen LogP contribution is -2.57. The van der Waals surface area contributed by atoms with E-state index < -0.39 is 56.6 Å². The molecule has 5 atom stereocenters. The third-order valence-corrected chi connectivity index (χ3v) is 15.1. The summed E-state index contributed by atoms with van der Waals surface area (Å²) in [5.74, 6) is -1.39. The molecule has 5 aliphatic rings. The van der Waals surface area contributed by atoms with Gasteiger partial charge in [0.25, 0.3) is 5.91 Å². The lowest BCUT2D eigenvalue weighted by atomic mass is 9.81. The monoisotopic (exact) mass is 839 g/mol. The highest BCUT2D eigenvalue weighted by atomic mass is 32.2. The number of nitrogens with zero attached hydrogens (tertiary/aromatic N) is 3. The summed E-state index contributed by atoms with van der Waals surface area (Å²) in [5.41, 5.74) is 0.678. The van der Waals surface area contributed by atoms with Gasteiger partial charge in [0.15, 0.2) is 0 Å². The maximum atomic E-state index is 15.1. The molecule has 0 spiro atoms. The molecule has 60 heavy (non-hydrogen) atoms. The van der Waals surface area contributed by atoms with Crippen LogP contribution in [0, 0.1) is 17.8 Å². The molecule has 3 aromatic rings. The number of sulfonamides is 1. The van der Waals surface area contributed by atoms with Crippen molar-refractivity contribution < 1.29 is 37.1 Å². The van der Waals surface area contributed by atoms with Crippen LogP contribution < -0.4 is 19.5 Å². The first-order valence-electron chi connectivity index (χ1n) is 21.8. The fraction of sp³-hybridized carbons (Fsp3) is 0.543. The molecule has 3 aliphatic carbocycles. The van der Waals surface area contributed by atoms with E-state index in [2.05, 4.69) is 16.6 Å². The highest BCUT2D eigenvalue weighted by Gasteiger charge is 2.62. The smallest absolute Gasteiger partial charge is 0.259 e. The number of amides is 4. The number of aromatic nitrogens is 1. The summed E-state index contributed by atoms with van der Waals surface area (Å²) < 4.78 is 40.3. The number of carbonyl (C=O) groups is 4. The molecule has 2 unspecified atom stereocenters. The van der Waals surface area contributed by atoms with Gasteiger partial charge in [0.1, 0.15) is 29.2 Å². The Morgan fingerprint density at radius 1 is 0.967 bits per heavy atom. The molecule has 13 nitrogen and oxygen atoms in total. The molecule has 0 radical (unpaired) electrons. The van der Waals surface area contributed by atoms with Crippen LogP contribution in [0.3, 0.4) is 0 Å². The van der Waals surface area contributed by atoms with Gasteiger partial charge in [-0.05, 0) is 63.0 Å². The van der Waals surface area contributed by atoms with E-state index in [1.165, 1.54) is 0 Å². The number of methoxy groups -OCH3 is 1. The lowest BCUT2D eigenvalue weighted by Gasteiger charge is -2.33. The molecule has 0 bridgehead atoms. The SMILES string of the molecule is C=CC1C[C@]1(NC(=O)C1C[C@@H](Oc2cc(-c3ccccc3)nc3cc(OC)ccc23)CN1C(=O)[C@H](CC(=O)N1CCCCC1)CC1CCCCC1)C(=O)NS(=O)(=O)C1CC1. The molecule has 1 aromatic heterocycles. The van der Waals surface area contributed by atoms with Gasteiger partial charge in [0.05, 0.1) is 30.1 Å². The first-order chi connectivity index (χ1) is 29.0. The Morgan fingerprint density at radius 3 is 2.38 bits per heavy atom. The number of fused-ring (bicyclic) bond motifs is 1. The third-order valence-electron chi connectivity index (χ3n) is 13.3. The minimum absolute atomic E-state index is 0.0386. The second kappa shape index (κ2) is 17.6. The molecular weight excluding hydrogens is 783 g/mol. The summed E-state index contributed by atoms with van der Waals surface area (Å²) in [5, 5.41) is 3.01. The van der Waals surface area contributed by atoms with E-state index in [1.807, 2.05) is 59.5 Å². The first kappa shape index (κ1) is 41.7. The van der Waals surface area contributed by atoms with Gasteiger partial charge in [-0.15, -0.1) is 6.58 Å². The fourth-order valence-corrected chi connectivity index (χ4v) is 10.9. The van der Waals surface area contributed by atoms with Crippen molar-refractivity contribution in [2.24, 2.45) is 17.8 Å². The number of likely N-dealkylation sites (tertiary alicyclic amines) is 2. The van der Waals surface area contributed by atoms with Crippen LogP contribution in [-0.4, -0.2) is 96.5 Å². The van der Waals surface area contributed by atoms with Crippen molar-refractivity contribution in [2.45, 2.75) is 113 Å². The minimum Gasteiger partial charge on any atom is -0.497 e. The summed E-state index contributed by atoms with van der Waals surface area (Å²) in [7, 11) is -2.30. The standard InChI is InChI=1S/C46H57N5O8S/c1-3-33-28-46(33,45(55)49-60(56,57)36-18-19-36)48-43(53)40-26-35(59-41-27-38(31-15-9-5-10-16-31)47-39-25-34(58-2)17-20-37(39)41)29-51(40)44(54)32(23-30-13-7-4-8-14-30)24-42(52)50-21-11-6-12-22-50/h3,5,9-10,15-17,20,25,27,30,32-33,35-36,40H,1,4,6-8,11-14,18-19,21-24,26,28-29H2,2H3,(H,48,53)(H,49,55)/t32-,33?,35+,40?,46+/m0/s1. The predicted molar refractivity (Wildman–Crippen MR) is 227 cm³/mol. The summed E-state index contributed by atoms with van der Waals surface area (Å²) in [4.78, 5) is 65.7. The molecule has 2 aromatic carbocycles. The third kappa shape index (κ3) is 9.03. The van der Waals surface area contributed by atoms with Crippen molar-refractivity contribution in [3.05, 3.63) is 67.3 Å². The van der Waals surface area contributed by atoms with Crippen LogP contribution in [0.1, 0.15) is 89.9 Å². The molecule has 5 fully saturated rings. The van der Waals surface area contributed by atoms with Crippen LogP contribution in [0.25, 0.3) is 22.2 Å². The molecule has 4 amide bonds. The number of rotatable bonds is 15. The van der Waals surface area contributed by atoms with E-state index in [1.54, 1.807) is 18.1 Å². The van der Waals surface area contributed by atoms with E-state index in [-0.39, 0.29) is 37.6 Å². The molecule has 320 valence electrons. The molecule has 8 rings (SSSR count). The number of benzene rings is 2. The van der Waals surface area contributed by atoms with Crippen molar-refractivity contribution in [3.8, 4) is 22.8 Å². The van der Waals surface area contributed by atoms with Gasteiger partial charge in [-0.1, -0.05) is 68.5 Å². The molecule has 3 saturated carbocycles. The Balaban J connectivity index is 1.11. The van der Waals surface area contributed by atoms with Crippen molar-refractivity contribution in [3.63, 3.8) is 0 Å². The Morgan fingerprint density at radius 2 is 1.70 bits per heavy atom. The zero-order chi connectivity index (χ0) is 42.0. The Hall–Kier alpha value is -4.98. The molecule has 2 saturated heterocycles. The average molecular weight is 840 g/mol. The molecule has 2 aliphatic heterocycles. The van der Waals surface area contributed by atoms with Crippen molar-refractivity contribution in [1.82, 2.24) is 24.8 Å². The summed E-state index contributed by atoms with van der Waals surface area (Å²) in [6.07, 6.45) is 11.0. The molecular formula is C46H57N5O8S. The minimum atomic E-state index is -3.89. The maximum Gasteiger partial charge on any atom is 0.259 e. The maximum absolute atomic E-state index is 15.1. The molecule has 3 heterocycles. The molecule has 14 heteroatoms. The van der Waals surface area contributed by atoms with Crippen molar-refractivity contribution in [2.75, 3.05) is 26.7 Å². The zero-order valence-corrected chi connectivity index (χ0v) is 35.3. The second-order valence-corrected chi connectivity index (χ2v) is 19.5. The second-order valence-electron chi connectivity index (χ2n) is 17.5. The Bertz CT molecular complexity index is 2220. The summed E-state index contributed by atoms with van der Waals surface area (Å²) in [6, 6.07) is 16.1. The first-order valence-corrected chi connectivity index (χ1v) is 23.3. The quantitative estimate of drug-likeness (QED) is 0.177. The molecule has 2 N–H and O–H groups in total. The number of hydrogen-bond acceptors (Lipinski definition) is 9. The van der Waals surface area contributed by atoms with Gasteiger partial charge >= 0.3 is 0 Å². The van der Waals surface area contributed by atoms with Gasteiger partial charge in [0, 0.05) is 60.8 Å². The van der Waals surface area contributed by atoms with E-state index in [9.17, 15) is 22.8 Å². The van der Waals surface area contributed by atoms with Crippen molar-refractivity contribution in [1.29, 1.82) is 0 Å². The lowest BCUT2D eigenvalue weighted by molar-refractivity contribution is -0.146. The van der Waals surface area contributed by atoms with Crippen LogP contribution in [0.5, 0.6) is 11.5 Å². The number of pyridine rings is 1. The number of nitrogens with one attached hydrogen (secondary N) is 2. The number of piperidine rings is 1. The van der Waals surface area contributed by atoms with E-state index in [0.717, 1.165) is 62.3 Å². The highest BCUT2D eigenvalue weighted by molar-refractivity contribution is 7.91. The van der Waals surface area contributed by atoms with Gasteiger partial charge in [0.2, 0.25) is 27.7 Å². The predicted octanol–water partition coefficient (Wildman–Crippen LogP) is 5.92. The Labute approximate surface area is 352 Å². The van der Waals surface area contributed by atoms with Crippen LogP contribution in [0.15, 0.2) is 67.3 Å². The zero-order valence-electron chi connectivity index (χ0n) is 34.5. The average Bonchev–Trinajstić information content (AvgIpc) is 4.20. The highest BCUT2D eigenvalue weighted by Crippen LogP contribution is 2.46. The normalized spacial score (nSPS) is 25.0. The van der Waals surface area contributed by atoms with Gasteiger partial charge < -0.3 is 24.6 Å². The van der Waals surface area contributed by atoms with E-state index in [0.29, 0.717) is 61.0 Å². The van der Waals surface area contributed by atoms with E-state index in [4.69, 9.17) is 14.5 Å². The van der Waals surface area contributed by atoms with Gasteiger partial charge in [-0.25, -0.2) is 13.4 Å². The fourth-order valence-electron chi connectivity index (χ4n) is 9.55. The van der Waals surface area contributed by atoms with Crippen LogP contribution in [0.4, 0.5) is 0 Å². The summed E-state index contributed by atoms with van der Waals surface area (Å²) in [6.45, 7) is 5.27. The topological polar surface area (TPSA) is 164 Å². The van der Waals surface area contributed by atoms with Gasteiger partial charge in [-0.2, -0.15) is 0 Å². The Kier molecular flexibility index (Phi) is 12.2. The van der Waals surface area contributed by atoms with E-state index >= 15 is 4.79 Å². The van der Waals surface area contributed by atoms with Gasteiger partial charge in [-0.3, -0.25) is 23.9 Å². The number of carbonyl (C=O) groups excluding carboxylic acids is 4.